The predicted octanol–water partition coefficient (Wildman–Crippen LogP) is 1.11. The molecule has 1 N–H and O–H groups in total. The molecule has 4 heteroatoms. The van der Waals surface area contributed by atoms with Gasteiger partial charge in [0.05, 0.1) is 13.2 Å². The highest BCUT2D eigenvalue weighted by molar-refractivity contribution is 5.87. The Morgan fingerprint density at radius 2 is 2.07 bits per heavy atom. The zero-order valence-corrected chi connectivity index (χ0v) is 9.30. The number of methoxy groups -OCH3 is 1. The summed E-state index contributed by atoms with van der Waals surface area (Å²) in [5.74, 6) is 0.575. The second-order valence-corrected chi connectivity index (χ2v) is 3.74. The average molecular weight is 200 g/mol. The number of ether oxygens (including phenoxy) is 2. The largest absolute Gasteiger partial charge is 0.378 e. The fourth-order valence-corrected chi connectivity index (χ4v) is 1.53. The lowest BCUT2D eigenvalue weighted by Crippen LogP contribution is -2.51. The Hall–Kier alpha value is -0.610. The van der Waals surface area contributed by atoms with Crippen LogP contribution in [-0.4, -0.2) is 49.7 Å². The molecule has 0 spiro atoms. The molecule has 1 aliphatic heterocycles. The summed E-state index contributed by atoms with van der Waals surface area (Å²) in [4.78, 5) is 2.04. The Balaban J connectivity index is 2.61. The van der Waals surface area contributed by atoms with Gasteiger partial charge in [-0.15, -0.1) is 0 Å². The molecule has 0 saturated carbocycles. The van der Waals surface area contributed by atoms with Crippen molar-refractivity contribution in [1.82, 2.24) is 4.90 Å². The smallest absolute Gasteiger partial charge is 0.129 e. The van der Waals surface area contributed by atoms with Gasteiger partial charge in [0, 0.05) is 20.2 Å². The first-order valence-corrected chi connectivity index (χ1v) is 5.11. The molecule has 1 aliphatic rings. The Labute approximate surface area is 85.7 Å². The zero-order valence-electron chi connectivity index (χ0n) is 9.30. The van der Waals surface area contributed by atoms with Crippen molar-refractivity contribution in [2.24, 2.45) is 0 Å². The molecule has 1 rings (SSSR count). The summed E-state index contributed by atoms with van der Waals surface area (Å²) in [5.41, 5.74) is -0.447. The molecular formula is C10H20N2O2. The molecule has 0 radical (unpaired) electrons. The molecule has 1 saturated heterocycles. The van der Waals surface area contributed by atoms with Crippen LogP contribution in [0.15, 0.2) is 0 Å². The van der Waals surface area contributed by atoms with Crippen molar-refractivity contribution in [1.29, 1.82) is 5.41 Å². The first-order valence-electron chi connectivity index (χ1n) is 5.11. The summed E-state index contributed by atoms with van der Waals surface area (Å²) in [6.07, 6.45) is 0.819. The minimum absolute atomic E-state index is 0.447. The van der Waals surface area contributed by atoms with Crippen LogP contribution in [0, 0.1) is 5.41 Å². The van der Waals surface area contributed by atoms with E-state index in [0.717, 1.165) is 19.5 Å². The highest BCUT2D eigenvalue weighted by Gasteiger charge is 2.31. The molecule has 0 aliphatic carbocycles. The summed E-state index contributed by atoms with van der Waals surface area (Å²) in [6, 6.07) is 0. The van der Waals surface area contributed by atoms with Crippen molar-refractivity contribution in [3.63, 3.8) is 0 Å². The molecule has 1 fully saturated rings. The fraction of sp³-hybridized carbons (Fsp3) is 0.900. The van der Waals surface area contributed by atoms with Crippen molar-refractivity contribution in [2.45, 2.75) is 25.9 Å². The van der Waals surface area contributed by atoms with Crippen LogP contribution >= 0.6 is 0 Å². The molecular weight excluding hydrogens is 180 g/mol. The van der Waals surface area contributed by atoms with Gasteiger partial charge in [-0.1, -0.05) is 6.92 Å². The summed E-state index contributed by atoms with van der Waals surface area (Å²) in [6.45, 7) is 7.04. The molecule has 1 atom stereocenters. The van der Waals surface area contributed by atoms with Crippen molar-refractivity contribution in [3.05, 3.63) is 0 Å². The van der Waals surface area contributed by atoms with Gasteiger partial charge in [-0.05, 0) is 13.3 Å². The van der Waals surface area contributed by atoms with Crippen LogP contribution < -0.4 is 0 Å². The van der Waals surface area contributed by atoms with E-state index in [1.54, 1.807) is 7.11 Å². The molecule has 82 valence electrons. The van der Waals surface area contributed by atoms with E-state index in [1.165, 1.54) is 0 Å². The lowest BCUT2D eigenvalue weighted by Gasteiger charge is -2.37. The lowest BCUT2D eigenvalue weighted by molar-refractivity contribution is 0.0282. The Morgan fingerprint density at radius 3 is 2.50 bits per heavy atom. The molecule has 0 aromatic rings. The van der Waals surface area contributed by atoms with Crippen LogP contribution in [0.3, 0.4) is 0 Å². The second-order valence-electron chi connectivity index (χ2n) is 3.74. The quantitative estimate of drug-likeness (QED) is 0.548. The van der Waals surface area contributed by atoms with Crippen LogP contribution in [0.25, 0.3) is 0 Å². The minimum Gasteiger partial charge on any atom is -0.378 e. The highest BCUT2D eigenvalue weighted by Crippen LogP contribution is 2.18. The monoisotopic (exact) mass is 200 g/mol. The molecule has 0 amide bonds. The Morgan fingerprint density at radius 1 is 1.50 bits per heavy atom. The van der Waals surface area contributed by atoms with Crippen molar-refractivity contribution >= 4 is 5.84 Å². The van der Waals surface area contributed by atoms with E-state index in [9.17, 15) is 0 Å². The first kappa shape index (κ1) is 11.5. The summed E-state index contributed by atoms with van der Waals surface area (Å²) < 4.78 is 10.6. The number of hydrogen-bond donors (Lipinski definition) is 1. The third-order valence-corrected chi connectivity index (χ3v) is 2.95. The van der Waals surface area contributed by atoms with E-state index in [-0.39, 0.29) is 0 Å². The van der Waals surface area contributed by atoms with Gasteiger partial charge >= 0.3 is 0 Å². The number of hydrogen-bond acceptors (Lipinski definition) is 3. The zero-order chi connectivity index (χ0) is 10.6. The van der Waals surface area contributed by atoms with Crippen LogP contribution in [-0.2, 0) is 9.47 Å². The first-order chi connectivity index (χ1) is 6.64. The maximum absolute atomic E-state index is 8.08. The summed E-state index contributed by atoms with van der Waals surface area (Å²) in [5, 5.41) is 8.08. The molecule has 4 nitrogen and oxygen atoms in total. The van der Waals surface area contributed by atoms with Gasteiger partial charge < -0.3 is 14.4 Å². The molecule has 1 heterocycles. The number of rotatable bonds is 3. The van der Waals surface area contributed by atoms with E-state index in [1.807, 2.05) is 18.7 Å². The van der Waals surface area contributed by atoms with E-state index < -0.39 is 5.60 Å². The van der Waals surface area contributed by atoms with Crippen LogP contribution in [0.4, 0.5) is 0 Å². The molecule has 0 bridgehead atoms. The van der Waals surface area contributed by atoms with E-state index in [4.69, 9.17) is 14.9 Å². The molecule has 1 unspecified atom stereocenters. The van der Waals surface area contributed by atoms with Crippen molar-refractivity contribution in [2.75, 3.05) is 33.4 Å². The second kappa shape index (κ2) is 4.75. The van der Waals surface area contributed by atoms with E-state index in [0.29, 0.717) is 19.0 Å². The molecule has 0 aromatic carbocycles. The standard InChI is InChI=1S/C10H20N2O2/c1-4-10(2,13-3)9(11)12-5-7-14-8-6-12/h11H,4-8H2,1-3H3. The predicted molar refractivity (Wildman–Crippen MR) is 55.8 cm³/mol. The lowest BCUT2D eigenvalue weighted by atomic mass is 10.0. The van der Waals surface area contributed by atoms with Gasteiger partial charge in [0.1, 0.15) is 11.4 Å². The minimum atomic E-state index is -0.447. The van der Waals surface area contributed by atoms with Gasteiger partial charge in [-0.3, -0.25) is 5.41 Å². The average Bonchev–Trinajstić information content (AvgIpc) is 2.28. The number of nitrogens with zero attached hydrogens (tertiary/aromatic N) is 1. The SMILES string of the molecule is CCC(C)(OC)C(=N)N1CCOCC1. The molecule has 14 heavy (non-hydrogen) atoms. The summed E-state index contributed by atoms with van der Waals surface area (Å²) >= 11 is 0. The van der Waals surface area contributed by atoms with Gasteiger partial charge in [0.2, 0.25) is 0 Å². The van der Waals surface area contributed by atoms with Gasteiger partial charge in [0.25, 0.3) is 0 Å². The highest BCUT2D eigenvalue weighted by atomic mass is 16.5. The third kappa shape index (κ3) is 2.25. The Kier molecular flexibility index (Phi) is 3.89. The van der Waals surface area contributed by atoms with Crippen LogP contribution in [0.1, 0.15) is 20.3 Å². The molecule has 0 aromatic heterocycles. The number of amidine groups is 1. The van der Waals surface area contributed by atoms with Crippen LogP contribution in [0.2, 0.25) is 0 Å². The van der Waals surface area contributed by atoms with E-state index >= 15 is 0 Å². The third-order valence-electron chi connectivity index (χ3n) is 2.95. The Bertz CT molecular complexity index is 196. The van der Waals surface area contributed by atoms with E-state index in [2.05, 4.69) is 0 Å². The van der Waals surface area contributed by atoms with Crippen molar-refractivity contribution < 1.29 is 9.47 Å². The maximum atomic E-state index is 8.08. The van der Waals surface area contributed by atoms with Crippen LogP contribution in [0.5, 0.6) is 0 Å². The number of morpholine rings is 1. The summed E-state index contributed by atoms with van der Waals surface area (Å²) in [7, 11) is 1.67. The fourth-order valence-electron chi connectivity index (χ4n) is 1.53. The van der Waals surface area contributed by atoms with Gasteiger partial charge in [-0.25, -0.2) is 0 Å². The topological polar surface area (TPSA) is 45.5 Å². The van der Waals surface area contributed by atoms with Gasteiger partial charge in [-0.2, -0.15) is 0 Å². The van der Waals surface area contributed by atoms with Gasteiger partial charge in [0.15, 0.2) is 0 Å². The number of nitrogens with one attached hydrogen (secondary N) is 1. The normalized spacial score (nSPS) is 21.8. The maximum Gasteiger partial charge on any atom is 0.129 e. The van der Waals surface area contributed by atoms with Crippen molar-refractivity contribution in [3.8, 4) is 0 Å².